The number of hydrogen-bond acceptors (Lipinski definition) is 4. The molecule has 0 aromatic rings. The molecule has 0 fully saturated rings. The van der Waals surface area contributed by atoms with E-state index in [-0.39, 0.29) is 5.60 Å². The lowest BCUT2D eigenvalue weighted by atomic mass is 9.76. The van der Waals surface area contributed by atoms with Crippen molar-refractivity contribution in [1.82, 2.24) is 14.7 Å². The second kappa shape index (κ2) is 25.5. The summed E-state index contributed by atoms with van der Waals surface area (Å²) in [5, 5.41) is 0. The van der Waals surface area contributed by atoms with Crippen LogP contribution >= 0.6 is 0 Å². The molecule has 4 nitrogen and oxygen atoms in total. The van der Waals surface area contributed by atoms with E-state index in [0.29, 0.717) is 5.41 Å². The van der Waals surface area contributed by atoms with Crippen LogP contribution < -0.4 is 0 Å². The van der Waals surface area contributed by atoms with Crippen molar-refractivity contribution in [3.8, 4) is 0 Å². The van der Waals surface area contributed by atoms with Crippen LogP contribution in [-0.4, -0.2) is 89.0 Å². The molecular formula is C35H77N3OSi. The molecule has 0 atom stereocenters. The fourth-order valence-corrected chi connectivity index (χ4v) is 8.84. The zero-order chi connectivity index (χ0) is 30.1. The van der Waals surface area contributed by atoms with Crippen molar-refractivity contribution in [3.63, 3.8) is 0 Å². The highest BCUT2D eigenvalue weighted by Crippen LogP contribution is 2.40. The highest BCUT2D eigenvalue weighted by molar-refractivity contribution is 6.27. The van der Waals surface area contributed by atoms with Gasteiger partial charge in [0.25, 0.3) is 0 Å². The molecule has 0 aliphatic carbocycles. The summed E-state index contributed by atoms with van der Waals surface area (Å²) in [5.41, 5.74) is 0.558. The minimum absolute atomic E-state index is 0.0924. The maximum Gasteiger partial charge on any atom is 0.162 e. The Morgan fingerprint density at radius 3 is 1.02 bits per heavy atom. The van der Waals surface area contributed by atoms with Gasteiger partial charge >= 0.3 is 0 Å². The van der Waals surface area contributed by atoms with Gasteiger partial charge in [0.1, 0.15) is 0 Å². The third-order valence-electron chi connectivity index (χ3n) is 9.36. The van der Waals surface area contributed by atoms with E-state index in [1.165, 1.54) is 142 Å². The van der Waals surface area contributed by atoms with Gasteiger partial charge in [0.15, 0.2) is 9.76 Å². The van der Waals surface area contributed by atoms with E-state index in [1.54, 1.807) is 0 Å². The number of nitrogens with zero attached hydrogens (tertiary/aromatic N) is 3. The molecule has 0 spiro atoms. The molecule has 0 amide bonds. The molecule has 0 aromatic carbocycles. The van der Waals surface area contributed by atoms with Gasteiger partial charge in [0.2, 0.25) is 0 Å². The Morgan fingerprint density at radius 2 is 0.775 bits per heavy atom. The second-order valence-corrected chi connectivity index (χ2v) is 14.3. The van der Waals surface area contributed by atoms with Crippen LogP contribution in [0.15, 0.2) is 0 Å². The molecule has 0 unspecified atom stereocenters. The topological polar surface area (TPSA) is 19.0 Å². The van der Waals surface area contributed by atoms with E-state index in [0.717, 1.165) is 12.8 Å². The van der Waals surface area contributed by atoms with Gasteiger partial charge in [-0.1, -0.05) is 55.4 Å². The summed E-state index contributed by atoms with van der Waals surface area (Å²) in [5.74, 6) is 0. The van der Waals surface area contributed by atoms with E-state index in [1.807, 2.05) is 0 Å². The number of hydrogen-bond donors (Lipinski definition) is 0. The largest absolute Gasteiger partial charge is 0.419 e. The van der Waals surface area contributed by atoms with Gasteiger partial charge in [-0.15, -0.1) is 0 Å². The standard InChI is InChI=1S/C35H77N3OSi/c1-10-24-36(25-11-2)30-18-21-35(33-40-39-34(9,16-7)17-8,22-19-31-37(26-12-3)27-13-4)23-20-32-38(28-14-5)29-15-6/h10-33,40H2,1-9H3. The van der Waals surface area contributed by atoms with E-state index in [4.69, 9.17) is 4.43 Å². The zero-order valence-electron chi connectivity index (χ0n) is 29.4. The van der Waals surface area contributed by atoms with Crippen molar-refractivity contribution in [2.75, 3.05) is 58.9 Å². The summed E-state index contributed by atoms with van der Waals surface area (Å²) >= 11 is 0. The van der Waals surface area contributed by atoms with Crippen LogP contribution in [0, 0.1) is 5.41 Å². The highest BCUT2D eigenvalue weighted by Gasteiger charge is 2.31. The molecule has 0 rings (SSSR count). The monoisotopic (exact) mass is 584 g/mol. The quantitative estimate of drug-likeness (QED) is 0.0787. The van der Waals surface area contributed by atoms with Crippen LogP contribution in [0.1, 0.15) is 152 Å². The maximum absolute atomic E-state index is 6.80. The lowest BCUT2D eigenvalue weighted by molar-refractivity contribution is 0.0794. The van der Waals surface area contributed by atoms with Crippen molar-refractivity contribution in [2.45, 2.75) is 164 Å². The van der Waals surface area contributed by atoms with Gasteiger partial charge in [0, 0.05) is 0 Å². The van der Waals surface area contributed by atoms with Crippen LogP contribution in [0.3, 0.4) is 0 Å². The van der Waals surface area contributed by atoms with E-state index in [9.17, 15) is 0 Å². The summed E-state index contributed by atoms with van der Waals surface area (Å²) in [6.07, 6.45) is 18.2. The Bertz CT molecular complexity index is 470. The summed E-state index contributed by atoms with van der Waals surface area (Å²) in [4.78, 5) is 8.20. The zero-order valence-corrected chi connectivity index (χ0v) is 30.8. The first-order valence-electron chi connectivity index (χ1n) is 18.1. The first-order valence-corrected chi connectivity index (χ1v) is 19.7. The van der Waals surface area contributed by atoms with Gasteiger partial charge in [-0.2, -0.15) is 0 Å². The molecule has 0 N–H and O–H groups in total. The summed E-state index contributed by atoms with van der Waals surface area (Å²) in [7, 11) is -0.559. The minimum Gasteiger partial charge on any atom is -0.419 e. The van der Waals surface area contributed by atoms with Crippen molar-refractivity contribution < 1.29 is 4.43 Å². The summed E-state index contributed by atoms with van der Waals surface area (Å²) in [6.45, 7) is 32.4. The molecule has 0 saturated heterocycles. The Hall–Kier alpha value is 0.0569. The van der Waals surface area contributed by atoms with Crippen molar-refractivity contribution in [3.05, 3.63) is 0 Å². The van der Waals surface area contributed by atoms with Crippen LogP contribution in [0.4, 0.5) is 0 Å². The minimum atomic E-state index is -0.559. The Labute approximate surface area is 256 Å². The molecule has 40 heavy (non-hydrogen) atoms. The average molecular weight is 584 g/mol. The van der Waals surface area contributed by atoms with Crippen LogP contribution in [0.25, 0.3) is 0 Å². The van der Waals surface area contributed by atoms with Crippen molar-refractivity contribution in [2.24, 2.45) is 5.41 Å². The first-order chi connectivity index (χ1) is 19.3. The molecule has 0 heterocycles. The predicted octanol–water partition coefficient (Wildman–Crippen LogP) is 8.78. The van der Waals surface area contributed by atoms with Gasteiger partial charge in [-0.05, 0) is 167 Å². The highest BCUT2D eigenvalue weighted by atomic mass is 28.2. The third kappa shape index (κ3) is 18.6. The molecule has 5 heteroatoms. The summed E-state index contributed by atoms with van der Waals surface area (Å²) < 4.78 is 6.80. The van der Waals surface area contributed by atoms with Crippen LogP contribution in [0.2, 0.25) is 6.04 Å². The van der Waals surface area contributed by atoms with Gasteiger partial charge < -0.3 is 19.1 Å². The smallest absolute Gasteiger partial charge is 0.162 e. The fourth-order valence-electron chi connectivity index (χ4n) is 6.65. The molecular weight excluding hydrogens is 506 g/mol. The van der Waals surface area contributed by atoms with Gasteiger partial charge in [-0.25, -0.2) is 0 Å². The van der Waals surface area contributed by atoms with E-state index < -0.39 is 9.76 Å². The SMILES string of the molecule is CCCN(CCC)CCCC(CCCN(CCC)CCC)(CCCN(CCC)CCC)C[SiH2]OC(C)(CC)CC. The molecule has 242 valence electrons. The second-order valence-electron chi connectivity index (χ2n) is 13.1. The normalized spacial score (nSPS) is 13.2. The first kappa shape index (κ1) is 40.1. The van der Waals surface area contributed by atoms with Gasteiger partial charge in [-0.3, -0.25) is 0 Å². The van der Waals surface area contributed by atoms with E-state index >= 15 is 0 Å². The Balaban J connectivity index is 5.74. The predicted molar refractivity (Wildman–Crippen MR) is 185 cm³/mol. The Kier molecular flexibility index (Phi) is 25.6. The Morgan fingerprint density at radius 1 is 0.475 bits per heavy atom. The van der Waals surface area contributed by atoms with E-state index in [2.05, 4.69) is 77.0 Å². The molecule has 0 radical (unpaired) electrons. The fraction of sp³-hybridized carbons (Fsp3) is 1.00. The molecule has 0 saturated carbocycles. The van der Waals surface area contributed by atoms with Crippen LogP contribution in [-0.2, 0) is 4.43 Å². The van der Waals surface area contributed by atoms with Crippen LogP contribution in [0.5, 0.6) is 0 Å². The van der Waals surface area contributed by atoms with Gasteiger partial charge in [0.05, 0.1) is 5.60 Å². The van der Waals surface area contributed by atoms with Crippen molar-refractivity contribution in [1.29, 1.82) is 0 Å². The third-order valence-corrected chi connectivity index (χ3v) is 11.5. The molecule has 0 aliphatic heterocycles. The molecule has 0 aromatic heterocycles. The average Bonchev–Trinajstić information content (AvgIpc) is 2.93. The maximum atomic E-state index is 6.80. The molecule has 0 bridgehead atoms. The lowest BCUT2D eigenvalue weighted by Gasteiger charge is -2.38. The summed E-state index contributed by atoms with van der Waals surface area (Å²) in [6, 6.07) is 1.37. The lowest BCUT2D eigenvalue weighted by Crippen LogP contribution is -2.34. The van der Waals surface area contributed by atoms with Crippen molar-refractivity contribution >= 4 is 9.76 Å². The molecule has 0 aliphatic rings. The number of rotatable bonds is 30.